The van der Waals surface area contributed by atoms with Crippen LogP contribution in [0, 0.1) is 5.92 Å². The summed E-state index contributed by atoms with van der Waals surface area (Å²) in [7, 11) is 0. The van der Waals surface area contributed by atoms with Gasteiger partial charge >= 0.3 is 0 Å². The lowest BCUT2D eigenvalue weighted by Crippen LogP contribution is -2.26. The van der Waals surface area contributed by atoms with E-state index in [1.54, 1.807) is 0 Å². The first-order valence-electron chi connectivity index (χ1n) is 7.65. The minimum absolute atomic E-state index is 0.456. The largest absolute Gasteiger partial charge is 0.380 e. The Morgan fingerprint density at radius 3 is 2.63 bits per heavy atom. The molecule has 0 aliphatic carbocycles. The van der Waals surface area contributed by atoms with Gasteiger partial charge in [-0.3, -0.25) is 0 Å². The van der Waals surface area contributed by atoms with Crippen LogP contribution in [-0.2, 0) is 11.3 Å². The molecule has 0 bridgehead atoms. The molecule has 3 nitrogen and oxygen atoms in total. The third-order valence-electron chi connectivity index (χ3n) is 3.26. The van der Waals surface area contributed by atoms with E-state index in [0.29, 0.717) is 12.0 Å². The fraction of sp³-hybridized carbons (Fsp3) is 0.750. The van der Waals surface area contributed by atoms with Crippen molar-refractivity contribution in [3.63, 3.8) is 0 Å². The quantitative estimate of drug-likeness (QED) is 0.655. The summed E-state index contributed by atoms with van der Waals surface area (Å²) in [4.78, 5) is 0. The first kappa shape index (κ1) is 16.3. The van der Waals surface area contributed by atoms with Gasteiger partial charge in [0.15, 0.2) is 0 Å². The molecule has 19 heavy (non-hydrogen) atoms. The Morgan fingerprint density at radius 1 is 1.21 bits per heavy atom. The van der Waals surface area contributed by atoms with Gasteiger partial charge in [0, 0.05) is 31.6 Å². The van der Waals surface area contributed by atoms with Gasteiger partial charge < -0.3 is 14.6 Å². The van der Waals surface area contributed by atoms with Crippen molar-refractivity contribution in [2.75, 3.05) is 19.8 Å². The smallest absolute Gasteiger partial charge is 0.0645 e. The van der Waals surface area contributed by atoms with Crippen LogP contribution in [-0.4, -0.2) is 24.3 Å². The van der Waals surface area contributed by atoms with Gasteiger partial charge in [0.05, 0.1) is 6.61 Å². The summed E-state index contributed by atoms with van der Waals surface area (Å²) >= 11 is 0. The summed E-state index contributed by atoms with van der Waals surface area (Å²) in [6.07, 6.45) is 6.68. The Bertz CT molecular complexity index is 333. The van der Waals surface area contributed by atoms with E-state index in [9.17, 15) is 0 Å². The molecule has 1 rings (SSSR count). The molecule has 0 aliphatic rings. The van der Waals surface area contributed by atoms with Gasteiger partial charge in [0.1, 0.15) is 0 Å². The van der Waals surface area contributed by atoms with Crippen LogP contribution in [0.3, 0.4) is 0 Å². The molecule has 1 aromatic heterocycles. The Balaban J connectivity index is 2.50. The van der Waals surface area contributed by atoms with E-state index in [1.165, 1.54) is 12.0 Å². The molecule has 0 saturated heterocycles. The van der Waals surface area contributed by atoms with Crippen molar-refractivity contribution in [3.8, 4) is 0 Å². The van der Waals surface area contributed by atoms with E-state index >= 15 is 0 Å². The van der Waals surface area contributed by atoms with Gasteiger partial charge in [-0.2, -0.15) is 0 Å². The Hall–Kier alpha value is -0.800. The predicted octanol–water partition coefficient (Wildman–Crippen LogP) is 3.61. The van der Waals surface area contributed by atoms with Crippen LogP contribution in [0.5, 0.6) is 0 Å². The third-order valence-corrected chi connectivity index (χ3v) is 3.26. The van der Waals surface area contributed by atoms with Crippen LogP contribution >= 0.6 is 0 Å². The SMILES string of the molecule is CCCNC(c1ccn(CCOCCC)c1)C(C)C. The molecule has 1 unspecified atom stereocenters. The zero-order valence-corrected chi connectivity index (χ0v) is 13.0. The Labute approximate surface area is 118 Å². The fourth-order valence-corrected chi connectivity index (χ4v) is 2.24. The molecule has 1 atom stereocenters. The summed E-state index contributed by atoms with van der Waals surface area (Å²) in [5.41, 5.74) is 1.39. The monoisotopic (exact) mass is 266 g/mol. The molecular weight excluding hydrogens is 236 g/mol. The second-order valence-electron chi connectivity index (χ2n) is 5.47. The molecule has 0 radical (unpaired) electrons. The van der Waals surface area contributed by atoms with Crippen molar-refractivity contribution >= 4 is 0 Å². The summed E-state index contributed by atoms with van der Waals surface area (Å²) in [6, 6.07) is 2.69. The molecule has 0 amide bonds. The molecule has 3 heteroatoms. The molecule has 1 aromatic rings. The molecule has 0 aliphatic heterocycles. The number of ether oxygens (including phenoxy) is 1. The number of nitrogens with zero attached hydrogens (tertiary/aromatic N) is 1. The number of aromatic nitrogens is 1. The summed E-state index contributed by atoms with van der Waals surface area (Å²) in [5.74, 6) is 0.610. The van der Waals surface area contributed by atoms with Crippen LogP contribution in [0.25, 0.3) is 0 Å². The second-order valence-corrected chi connectivity index (χ2v) is 5.47. The molecule has 0 aromatic carbocycles. The maximum Gasteiger partial charge on any atom is 0.0645 e. The zero-order chi connectivity index (χ0) is 14.1. The van der Waals surface area contributed by atoms with Crippen molar-refractivity contribution in [1.29, 1.82) is 0 Å². The highest BCUT2D eigenvalue weighted by atomic mass is 16.5. The topological polar surface area (TPSA) is 26.2 Å². The normalized spacial score (nSPS) is 13.1. The lowest BCUT2D eigenvalue weighted by atomic mass is 9.98. The van der Waals surface area contributed by atoms with Crippen molar-refractivity contribution in [2.24, 2.45) is 5.92 Å². The standard InChI is InChI=1S/C16H30N2O/c1-5-8-17-16(14(3)4)15-7-9-18(13-15)10-12-19-11-6-2/h7,9,13-14,16-17H,5-6,8,10-12H2,1-4H3. The Morgan fingerprint density at radius 2 is 2.00 bits per heavy atom. The predicted molar refractivity (Wildman–Crippen MR) is 81.4 cm³/mol. The first-order valence-corrected chi connectivity index (χ1v) is 7.65. The van der Waals surface area contributed by atoms with E-state index in [0.717, 1.165) is 32.7 Å². The van der Waals surface area contributed by atoms with Gasteiger partial charge in [0.2, 0.25) is 0 Å². The van der Waals surface area contributed by atoms with E-state index in [2.05, 4.69) is 56.0 Å². The van der Waals surface area contributed by atoms with Gasteiger partial charge in [0.25, 0.3) is 0 Å². The third kappa shape index (κ3) is 5.79. The minimum atomic E-state index is 0.456. The summed E-state index contributed by atoms with van der Waals surface area (Å²) in [6.45, 7) is 12.6. The maximum atomic E-state index is 5.53. The highest BCUT2D eigenvalue weighted by Gasteiger charge is 2.15. The average molecular weight is 266 g/mol. The van der Waals surface area contributed by atoms with Gasteiger partial charge in [-0.05, 0) is 36.9 Å². The van der Waals surface area contributed by atoms with Crippen LogP contribution in [0.1, 0.15) is 52.1 Å². The molecule has 1 N–H and O–H groups in total. The van der Waals surface area contributed by atoms with E-state index in [1.807, 2.05) is 0 Å². The maximum absolute atomic E-state index is 5.53. The molecular formula is C16H30N2O. The van der Waals surface area contributed by atoms with Crippen molar-refractivity contribution in [1.82, 2.24) is 9.88 Å². The molecule has 110 valence electrons. The number of hydrogen-bond acceptors (Lipinski definition) is 2. The van der Waals surface area contributed by atoms with Gasteiger partial charge in [-0.1, -0.05) is 27.7 Å². The first-order chi connectivity index (χ1) is 9.19. The van der Waals surface area contributed by atoms with Crippen LogP contribution < -0.4 is 5.32 Å². The molecule has 0 spiro atoms. The lowest BCUT2D eigenvalue weighted by Gasteiger charge is -2.21. The zero-order valence-electron chi connectivity index (χ0n) is 13.0. The molecule has 1 heterocycles. The van der Waals surface area contributed by atoms with E-state index in [-0.39, 0.29) is 0 Å². The van der Waals surface area contributed by atoms with Crippen molar-refractivity contribution in [2.45, 2.75) is 53.1 Å². The van der Waals surface area contributed by atoms with Crippen LogP contribution in [0.2, 0.25) is 0 Å². The van der Waals surface area contributed by atoms with Gasteiger partial charge in [-0.25, -0.2) is 0 Å². The van der Waals surface area contributed by atoms with Crippen molar-refractivity contribution < 1.29 is 4.74 Å². The second kappa shape index (κ2) is 9.16. The highest BCUT2D eigenvalue weighted by molar-refractivity contribution is 5.16. The highest BCUT2D eigenvalue weighted by Crippen LogP contribution is 2.21. The number of rotatable bonds is 10. The number of hydrogen-bond donors (Lipinski definition) is 1. The fourth-order valence-electron chi connectivity index (χ4n) is 2.24. The van der Waals surface area contributed by atoms with Crippen LogP contribution in [0.4, 0.5) is 0 Å². The average Bonchev–Trinajstić information content (AvgIpc) is 2.83. The van der Waals surface area contributed by atoms with E-state index < -0.39 is 0 Å². The van der Waals surface area contributed by atoms with Gasteiger partial charge in [-0.15, -0.1) is 0 Å². The van der Waals surface area contributed by atoms with Crippen LogP contribution in [0.15, 0.2) is 18.5 Å². The Kier molecular flexibility index (Phi) is 7.84. The van der Waals surface area contributed by atoms with E-state index in [4.69, 9.17) is 4.74 Å². The lowest BCUT2D eigenvalue weighted by molar-refractivity contribution is 0.127. The minimum Gasteiger partial charge on any atom is -0.380 e. The summed E-state index contributed by atoms with van der Waals surface area (Å²) in [5, 5.41) is 3.63. The molecule has 0 fully saturated rings. The summed E-state index contributed by atoms with van der Waals surface area (Å²) < 4.78 is 7.76. The molecule has 0 saturated carbocycles. The van der Waals surface area contributed by atoms with Crippen molar-refractivity contribution in [3.05, 3.63) is 24.0 Å². The number of nitrogens with one attached hydrogen (secondary N) is 1.